The molecule has 76 heavy (non-hydrogen) atoms. The largest absolute Gasteiger partial charge is 0.489 e. The summed E-state index contributed by atoms with van der Waals surface area (Å²) in [6.07, 6.45) is 10.3. The van der Waals surface area contributed by atoms with Crippen molar-refractivity contribution in [2.75, 3.05) is 75.9 Å². The minimum Gasteiger partial charge on any atom is -0.489 e. The predicted molar refractivity (Wildman–Crippen MR) is 285 cm³/mol. The van der Waals surface area contributed by atoms with E-state index < -0.39 is 42.9 Å². The molecule has 2 atom stereocenters. The number of halogens is 1. The Morgan fingerprint density at radius 3 is 2.51 bits per heavy atom. The van der Waals surface area contributed by atoms with Crippen molar-refractivity contribution in [2.45, 2.75) is 120 Å². The number of H-pyrrole nitrogens is 1. The van der Waals surface area contributed by atoms with Gasteiger partial charge in [-0.15, -0.1) is 0 Å². The Labute approximate surface area is 442 Å². The Kier molecular flexibility index (Phi) is 14.4. The SMILES string of the molecule is CC(C)c1ccccc1[C@@H]1CCCN1C1CC2(CCN(c3ccc(C(=O)NS(=O)(=O)c4cc5c(c([N+](=O)[O-])c4)N[C@@H](C4CCC(C)(O)CC4)CO5)c(Oc4cc5c(F)c[nH]c5nc4OCCN4CCOCC4)c3)CC2)C1. The van der Waals surface area contributed by atoms with Gasteiger partial charge in [-0.25, -0.2) is 17.5 Å². The number of nitrogens with one attached hydrogen (secondary N) is 3. The van der Waals surface area contributed by atoms with Crippen LogP contribution in [0.5, 0.6) is 23.1 Å². The number of aromatic nitrogens is 2. The Morgan fingerprint density at radius 2 is 1.76 bits per heavy atom. The Balaban J connectivity index is 0.848. The van der Waals surface area contributed by atoms with Crippen LogP contribution in [0.4, 0.5) is 21.5 Å². The summed E-state index contributed by atoms with van der Waals surface area (Å²) in [5.74, 6) is -1.15. The maximum absolute atomic E-state index is 15.2. The number of fused-ring (bicyclic) bond motifs is 2. The number of amides is 1. The zero-order valence-electron chi connectivity index (χ0n) is 43.5. The van der Waals surface area contributed by atoms with Crippen LogP contribution in [0.15, 0.2) is 71.8 Å². The molecule has 1 spiro atoms. The van der Waals surface area contributed by atoms with Crippen LogP contribution < -0.4 is 29.1 Å². The zero-order valence-corrected chi connectivity index (χ0v) is 44.3. The van der Waals surface area contributed by atoms with Gasteiger partial charge in [0.25, 0.3) is 27.5 Å². The van der Waals surface area contributed by atoms with E-state index in [1.807, 2.05) is 0 Å². The summed E-state index contributed by atoms with van der Waals surface area (Å²) < 4.78 is 70.1. The van der Waals surface area contributed by atoms with Crippen LogP contribution in [0, 0.1) is 27.3 Å². The number of hydrogen-bond acceptors (Lipinski definition) is 15. The highest BCUT2D eigenvalue weighted by Crippen LogP contribution is 2.55. The molecule has 4 N–H and O–H groups in total. The Morgan fingerprint density at radius 1 is 1.00 bits per heavy atom. The average molecular weight is 1070 g/mol. The number of anilines is 2. The molecule has 4 aliphatic heterocycles. The fraction of sp³-hybridized carbons (Fsp3) is 0.536. The third-order valence-corrected chi connectivity index (χ3v) is 18.5. The number of hydrogen-bond donors (Lipinski definition) is 4. The fourth-order valence-corrected chi connectivity index (χ4v) is 13.8. The smallest absolute Gasteiger partial charge is 0.297 e. The first-order valence-corrected chi connectivity index (χ1v) is 28.5. The lowest BCUT2D eigenvalue weighted by Gasteiger charge is -2.56. The minimum atomic E-state index is -4.78. The standard InChI is InChI=1S/C56H69FN8O10S/c1-35(2)40-7-4-5-8-41(40)46-9-6-18-64(46)38-31-56(32-38)16-19-63(20-17-56)37-10-11-42(48(27-37)75-50-30-43-44(57)33-58-52(43)60-54(50)73-26-23-62-21-24-72-25-22-62)53(66)61-76(70,71)39-28-47(65(68)69)51-49(29-39)74-34-45(59-51)36-12-14-55(3,67)15-13-36/h4-5,7-8,10-11,27-30,33,35-36,38,45-46,59,67H,6,9,12-26,31-32,34H2,1-3H3,(H,58,60)(H,61,66)/t36?,45-,46+,55?/m1/s1. The van der Waals surface area contributed by atoms with Gasteiger partial charge in [-0.3, -0.25) is 24.7 Å². The van der Waals surface area contributed by atoms with Crippen LogP contribution in [0.25, 0.3) is 11.0 Å². The van der Waals surface area contributed by atoms with E-state index in [-0.39, 0.29) is 76.0 Å². The minimum absolute atomic E-state index is 0.00301. The highest BCUT2D eigenvalue weighted by molar-refractivity contribution is 7.90. The molecule has 5 fully saturated rings. The van der Waals surface area contributed by atoms with Crippen molar-refractivity contribution in [3.63, 3.8) is 0 Å². The molecule has 18 nitrogen and oxygen atoms in total. The van der Waals surface area contributed by atoms with E-state index in [2.05, 4.69) is 72.8 Å². The molecular weight excluding hydrogens is 996 g/mol. The number of nitro groups is 1. The van der Waals surface area contributed by atoms with E-state index in [4.69, 9.17) is 18.9 Å². The van der Waals surface area contributed by atoms with E-state index in [1.54, 1.807) is 19.1 Å². The number of rotatable bonds is 15. The first-order chi connectivity index (χ1) is 36.5. The van der Waals surface area contributed by atoms with Gasteiger partial charge in [-0.05, 0) is 118 Å². The van der Waals surface area contributed by atoms with Gasteiger partial charge in [0, 0.05) is 81.0 Å². The second kappa shape index (κ2) is 21.1. The Bertz CT molecular complexity index is 3080. The number of carbonyl (C=O) groups is 1. The molecule has 1 amide bonds. The van der Waals surface area contributed by atoms with E-state index in [0.29, 0.717) is 63.4 Å². The molecule has 3 aromatic carbocycles. The van der Waals surface area contributed by atoms with E-state index in [0.717, 1.165) is 70.2 Å². The van der Waals surface area contributed by atoms with Gasteiger partial charge in [-0.1, -0.05) is 38.1 Å². The normalized spacial score (nSPS) is 24.2. The van der Waals surface area contributed by atoms with E-state index >= 15 is 4.39 Å². The number of aromatic amines is 1. The Hall–Kier alpha value is -6.06. The van der Waals surface area contributed by atoms with Crippen LogP contribution in [0.1, 0.15) is 118 Å². The van der Waals surface area contributed by atoms with Crippen LogP contribution in [-0.2, 0) is 14.8 Å². The molecule has 0 bridgehead atoms. The second-order valence-corrected chi connectivity index (χ2v) is 24.2. The maximum atomic E-state index is 15.2. The van der Waals surface area contributed by atoms with Gasteiger partial charge >= 0.3 is 0 Å². The van der Waals surface area contributed by atoms with Gasteiger partial charge in [0.1, 0.15) is 30.4 Å². The van der Waals surface area contributed by atoms with Gasteiger partial charge in [0.2, 0.25) is 0 Å². The molecule has 0 radical (unpaired) electrons. The van der Waals surface area contributed by atoms with Crippen LogP contribution in [-0.4, -0.2) is 128 Å². The van der Waals surface area contributed by atoms with E-state index in [9.17, 15) is 28.4 Å². The van der Waals surface area contributed by atoms with Crippen LogP contribution >= 0.6 is 0 Å². The predicted octanol–water partition coefficient (Wildman–Crippen LogP) is 9.06. The number of morpholine rings is 1. The number of likely N-dealkylation sites (tertiary alicyclic amines) is 1. The number of benzene rings is 3. The summed E-state index contributed by atoms with van der Waals surface area (Å²) in [4.78, 5) is 40.4. The van der Waals surface area contributed by atoms with Crippen LogP contribution in [0.3, 0.4) is 0 Å². The van der Waals surface area contributed by atoms with Crippen molar-refractivity contribution in [3.8, 4) is 23.1 Å². The summed E-state index contributed by atoms with van der Waals surface area (Å²) in [5.41, 5.74) is 2.67. The van der Waals surface area contributed by atoms with Crippen molar-refractivity contribution in [1.82, 2.24) is 24.5 Å². The highest BCUT2D eigenvalue weighted by Gasteiger charge is 2.50. The molecule has 11 rings (SSSR count). The van der Waals surface area contributed by atoms with Gasteiger partial charge in [0.05, 0.1) is 45.6 Å². The lowest BCUT2D eigenvalue weighted by Crippen LogP contribution is -2.54. The molecular formula is C56H69FN8O10S. The number of ether oxygens (including phenoxy) is 4. The fourth-order valence-electron chi connectivity index (χ4n) is 12.8. The molecule has 20 heteroatoms. The monoisotopic (exact) mass is 1060 g/mol. The third-order valence-electron chi connectivity index (χ3n) is 17.2. The average Bonchev–Trinajstić information content (AvgIpc) is 4.07. The first-order valence-electron chi connectivity index (χ1n) is 27.1. The summed E-state index contributed by atoms with van der Waals surface area (Å²) in [5, 5.41) is 26.4. The molecule has 2 saturated carbocycles. The molecule has 2 aliphatic carbocycles. The topological polar surface area (TPSA) is 214 Å². The van der Waals surface area contributed by atoms with Gasteiger partial charge in [-0.2, -0.15) is 4.98 Å². The quantitative estimate of drug-likeness (QED) is 0.0569. The van der Waals surface area contributed by atoms with Crippen molar-refractivity contribution in [1.29, 1.82) is 0 Å². The summed E-state index contributed by atoms with van der Waals surface area (Å²) in [7, 11) is -4.78. The second-order valence-electron chi connectivity index (χ2n) is 22.5. The van der Waals surface area contributed by atoms with Crippen molar-refractivity contribution < 1.29 is 46.6 Å². The number of sulfonamides is 1. The molecule has 406 valence electrons. The van der Waals surface area contributed by atoms with Crippen LogP contribution in [0.2, 0.25) is 0 Å². The molecule has 3 saturated heterocycles. The van der Waals surface area contributed by atoms with E-state index in [1.165, 1.54) is 48.4 Å². The number of nitrogens with zero attached hydrogens (tertiary/aromatic N) is 5. The highest BCUT2D eigenvalue weighted by atomic mass is 32.2. The molecule has 6 heterocycles. The number of carbonyl (C=O) groups excluding carboxylic acids is 1. The lowest BCUT2D eigenvalue weighted by molar-refractivity contribution is -0.384. The van der Waals surface area contributed by atoms with Crippen molar-refractivity contribution in [3.05, 3.63) is 99.5 Å². The number of pyridine rings is 1. The summed E-state index contributed by atoms with van der Waals surface area (Å²) in [6, 6.07) is 18.1. The van der Waals surface area contributed by atoms with Crippen molar-refractivity contribution in [2.24, 2.45) is 11.3 Å². The first kappa shape index (κ1) is 52.0. The summed E-state index contributed by atoms with van der Waals surface area (Å²) in [6.45, 7) is 12.5. The molecule has 0 unspecified atom stereocenters. The number of nitro benzene ring substituents is 1. The number of piperidine rings is 1. The van der Waals surface area contributed by atoms with Gasteiger partial charge in [0.15, 0.2) is 17.2 Å². The number of aliphatic hydroxyl groups is 1. The van der Waals surface area contributed by atoms with Gasteiger partial charge < -0.3 is 39.3 Å². The zero-order chi connectivity index (χ0) is 52.9. The van der Waals surface area contributed by atoms with Crippen molar-refractivity contribution >= 4 is 44.0 Å². The molecule has 2 aromatic heterocycles. The third kappa shape index (κ3) is 10.7. The lowest BCUT2D eigenvalue weighted by atomic mass is 9.59. The maximum Gasteiger partial charge on any atom is 0.297 e. The summed E-state index contributed by atoms with van der Waals surface area (Å²) >= 11 is 0. The molecule has 6 aliphatic rings. The molecule has 5 aromatic rings.